The molecule has 13 nitrogen and oxygen atoms in total. The zero-order valence-corrected chi connectivity index (χ0v) is 60.6. The highest BCUT2D eigenvalue weighted by atomic mass is 32.1. The topological polar surface area (TPSA) is 152 Å². The molecule has 0 aliphatic carbocycles. The summed E-state index contributed by atoms with van der Waals surface area (Å²) in [5.74, 6) is 9.80. The van der Waals surface area contributed by atoms with Crippen LogP contribution in [0, 0.1) is 111 Å². The van der Waals surface area contributed by atoms with Crippen LogP contribution in [0.15, 0.2) is 14.9 Å². The molecule has 0 bridgehead atoms. The molecule has 0 atom stereocenters. The molecule has 0 spiro atoms. The fourth-order valence-corrected chi connectivity index (χ4v) is 11.9. The SMILES string of the molecule is Cc1cc(C(C)C)n(C)c1C.Cc1nc(C(C)C)c(C)n1C.Cc1nc(C(C)C)c(C)o1.Cc1nc(C(C)C)c(C)s1.Cc1nc(C)c(C(C)C)c(C)n1.Cc1nc(C)c(C(C)C)o1.Cc1nc(C)c(C(C)C)s1.Cc1nnc(C(C)C)s1. The largest absolute Gasteiger partial charge is 0.446 e. The van der Waals surface area contributed by atoms with Crippen molar-refractivity contribution < 1.29 is 8.83 Å². The van der Waals surface area contributed by atoms with Crippen LogP contribution in [0.3, 0.4) is 0 Å². The van der Waals surface area contributed by atoms with Gasteiger partial charge in [-0.25, -0.2) is 34.9 Å². The molecule has 0 saturated heterocycles. The number of rotatable bonds is 8. The van der Waals surface area contributed by atoms with Crippen LogP contribution in [0.25, 0.3) is 0 Å². The van der Waals surface area contributed by atoms with E-state index >= 15 is 0 Å². The smallest absolute Gasteiger partial charge is 0.191 e. The van der Waals surface area contributed by atoms with E-state index in [-0.39, 0.29) is 0 Å². The average Bonchev–Trinajstić information content (AvgIpc) is 4.26. The number of aromatic nitrogens is 11. The van der Waals surface area contributed by atoms with Gasteiger partial charge >= 0.3 is 0 Å². The second-order valence-corrected chi connectivity index (χ2v) is 27.9. The van der Waals surface area contributed by atoms with Crippen molar-refractivity contribution in [3.8, 4) is 0 Å². The molecule has 464 valence electrons. The molecule has 8 heterocycles. The average molecular weight is 1200 g/mol. The van der Waals surface area contributed by atoms with Gasteiger partial charge in [-0.3, -0.25) is 0 Å². The van der Waals surface area contributed by atoms with E-state index in [1.807, 2.05) is 59.8 Å². The van der Waals surface area contributed by atoms with Gasteiger partial charge < -0.3 is 18.0 Å². The maximum Gasteiger partial charge on any atom is 0.191 e. The Morgan fingerprint density at radius 3 is 1.13 bits per heavy atom. The normalized spacial score (nSPS) is 10.9. The minimum Gasteiger partial charge on any atom is -0.446 e. The van der Waals surface area contributed by atoms with E-state index in [9.17, 15) is 0 Å². The molecular formula is C67H111N11O2S3. The van der Waals surface area contributed by atoms with Gasteiger partial charge in [0, 0.05) is 78.0 Å². The Labute approximate surface area is 515 Å². The third-order valence-electron chi connectivity index (χ3n) is 13.6. The summed E-state index contributed by atoms with van der Waals surface area (Å²) in [7, 11) is 4.20. The molecule has 0 fully saturated rings. The second kappa shape index (κ2) is 35.3. The number of imidazole rings is 1. The summed E-state index contributed by atoms with van der Waals surface area (Å²) in [6.07, 6.45) is 0. The van der Waals surface area contributed by atoms with E-state index in [1.54, 1.807) is 22.7 Å². The molecule has 8 aromatic heterocycles. The Bertz CT molecular complexity index is 2880. The maximum atomic E-state index is 5.36. The highest BCUT2D eigenvalue weighted by molar-refractivity contribution is 7.12. The highest BCUT2D eigenvalue weighted by Gasteiger charge is 2.14. The van der Waals surface area contributed by atoms with Crippen molar-refractivity contribution in [2.75, 3.05) is 0 Å². The molecular weight excluding hydrogens is 1090 g/mol. The summed E-state index contributed by atoms with van der Waals surface area (Å²) in [5.41, 5.74) is 14.8. The molecule has 8 aromatic rings. The Hall–Kier alpha value is -5.19. The molecule has 0 radical (unpaired) electrons. The predicted molar refractivity (Wildman–Crippen MR) is 356 cm³/mol. The van der Waals surface area contributed by atoms with Crippen LogP contribution in [0.5, 0.6) is 0 Å². The zero-order chi connectivity index (χ0) is 64.2. The molecule has 0 amide bonds. The van der Waals surface area contributed by atoms with Crippen LogP contribution >= 0.6 is 34.0 Å². The fraction of sp³-hybridized carbons (Fsp3) is 0.627. The summed E-state index contributed by atoms with van der Waals surface area (Å²) >= 11 is 5.27. The van der Waals surface area contributed by atoms with Gasteiger partial charge in [-0.2, -0.15) is 0 Å². The number of hydrogen-bond donors (Lipinski definition) is 0. The predicted octanol–water partition coefficient (Wildman–Crippen LogP) is 20.0. The van der Waals surface area contributed by atoms with Gasteiger partial charge in [-0.05, 0) is 150 Å². The van der Waals surface area contributed by atoms with Gasteiger partial charge in [0.05, 0.1) is 38.5 Å². The van der Waals surface area contributed by atoms with Gasteiger partial charge in [0.2, 0.25) is 0 Å². The summed E-state index contributed by atoms with van der Waals surface area (Å²) in [4.78, 5) is 33.1. The minimum atomic E-state index is 0.446. The van der Waals surface area contributed by atoms with E-state index in [0.29, 0.717) is 47.3 Å². The van der Waals surface area contributed by atoms with E-state index in [4.69, 9.17) is 8.83 Å². The van der Waals surface area contributed by atoms with Gasteiger partial charge in [-0.1, -0.05) is 111 Å². The monoisotopic (exact) mass is 1200 g/mol. The lowest BCUT2D eigenvalue weighted by Gasteiger charge is -2.11. The third kappa shape index (κ3) is 24.7. The summed E-state index contributed by atoms with van der Waals surface area (Å²) in [6.45, 7) is 67.2. The molecule has 83 heavy (non-hydrogen) atoms. The standard InChI is InChI=1S/C10H16N2.C10H17N.C9H16N2.2C8H13NO.2C8H13NS.C6H10N2S/c1-6(2)10-7(3)11-9(5)12-8(10)4;1-7(2)10-6-8(3)9(4)11(10)5;1-6(2)9-7(3)11(5)8(4)10-9;1-5(2)8-6(3)10-7(4)9-8;1-5(2)8-6(3)9-7(4)10-8;1-5(2)8-6(3)10-7(4)9-8;1-5(2)8-6(3)9-7(4)10-8;1-4(2)6-8-7-5(3)9-6/h6H,1-5H3;6-7H,1-5H3;6H,1-5H3;4*5H,1-4H3;4H,1-3H3. The number of oxazole rings is 2. The van der Waals surface area contributed by atoms with Crippen LogP contribution < -0.4 is 0 Å². The van der Waals surface area contributed by atoms with E-state index < -0.39 is 0 Å². The number of thiazole rings is 2. The first-order chi connectivity index (χ1) is 38.2. The summed E-state index contributed by atoms with van der Waals surface area (Å²) in [6, 6.07) is 2.28. The van der Waals surface area contributed by atoms with Crippen molar-refractivity contribution in [1.82, 2.24) is 54.2 Å². The van der Waals surface area contributed by atoms with Gasteiger partial charge in [0.15, 0.2) is 11.8 Å². The molecule has 0 N–H and O–H groups in total. The number of nitrogens with zero attached hydrogens (tertiary/aromatic N) is 11. The summed E-state index contributed by atoms with van der Waals surface area (Å²) in [5, 5.41) is 12.4. The first kappa shape index (κ1) is 75.8. The zero-order valence-electron chi connectivity index (χ0n) is 58.2. The first-order valence-corrected chi connectivity index (χ1v) is 32.2. The molecule has 0 aromatic carbocycles. The van der Waals surface area contributed by atoms with Crippen LogP contribution in [0.1, 0.15) is 291 Å². The molecule has 0 saturated carbocycles. The molecule has 0 aliphatic rings. The van der Waals surface area contributed by atoms with E-state index in [2.05, 4.69) is 247 Å². The van der Waals surface area contributed by atoms with Crippen molar-refractivity contribution in [3.63, 3.8) is 0 Å². The van der Waals surface area contributed by atoms with Crippen molar-refractivity contribution in [2.45, 2.75) is 269 Å². The Balaban J connectivity index is 0.000000475. The first-order valence-electron chi connectivity index (χ1n) is 29.7. The number of aryl methyl sites for hydroxylation is 14. The quantitative estimate of drug-likeness (QED) is 0.143. The van der Waals surface area contributed by atoms with Crippen molar-refractivity contribution >= 4 is 34.0 Å². The number of hydrogen-bond acceptors (Lipinski definition) is 14. The molecule has 8 rings (SSSR count). The lowest BCUT2D eigenvalue weighted by Crippen LogP contribution is -2.03. The Morgan fingerprint density at radius 2 is 0.916 bits per heavy atom. The lowest BCUT2D eigenvalue weighted by atomic mass is 10.0. The highest BCUT2D eigenvalue weighted by Crippen LogP contribution is 2.27. The van der Waals surface area contributed by atoms with Crippen molar-refractivity contribution in [1.29, 1.82) is 0 Å². The van der Waals surface area contributed by atoms with Crippen LogP contribution in [-0.4, -0.2) is 54.2 Å². The van der Waals surface area contributed by atoms with Crippen LogP contribution in [-0.2, 0) is 14.1 Å². The summed E-state index contributed by atoms with van der Waals surface area (Å²) < 4.78 is 15.0. The van der Waals surface area contributed by atoms with Gasteiger partial charge in [0.25, 0.3) is 0 Å². The Kier molecular flexibility index (Phi) is 32.3. The lowest BCUT2D eigenvalue weighted by molar-refractivity contribution is 0.455. The minimum absolute atomic E-state index is 0.446. The van der Waals surface area contributed by atoms with Crippen molar-refractivity contribution in [3.05, 3.63) is 139 Å². The van der Waals surface area contributed by atoms with Gasteiger partial charge in [-0.15, -0.1) is 44.2 Å². The van der Waals surface area contributed by atoms with E-state index in [1.165, 1.54) is 65.1 Å². The maximum absolute atomic E-state index is 5.36. The van der Waals surface area contributed by atoms with Gasteiger partial charge in [0.1, 0.15) is 33.2 Å². The van der Waals surface area contributed by atoms with Crippen LogP contribution in [0.2, 0.25) is 0 Å². The van der Waals surface area contributed by atoms with Crippen LogP contribution in [0.4, 0.5) is 0 Å². The fourth-order valence-electron chi connectivity index (χ4n) is 9.33. The molecule has 0 aliphatic heterocycles. The molecule has 16 heteroatoms. The van der Waals surface area contributed by atoms with E-state index in [0.717, 1.165) is 67.7 Å². The Morgan fingerprint density at radius 1 is 0.398 bits per heavy atom. The third-order valence-corrected chi connectivity index (χ3v) is 17.0. The second-order valence-electron chi connectivity index (χ2n) is 24.1. The van der Waals surface area contributed by atoms with Crippen molar-refractivity contribution in [2.24, 2.45) is 14.1 Å². The molecule has 0 unspecified atom stereocenters.